The first-order chi connectivity index (χ1) is 12.3. The molecule has 0 radical (unpaired) electrons. The zero-order valence-electron chi connectivity index (χ0n) is 13.8. The van der Waals surface area contributed by atoms with Crippen molar-refractivity contribution in [3.63, 3.8) is 0 Å². The first kappa shape index (κ1) is 19.1. The van der Waals surface area contributed by atoms with Gasteiger partial charge in [0.15, 0.2) is 5.13 Å². The molecule has 26 heavy (non-hydrogen) atoms. The number of nitrogens with one attached hydrogen (secondary N) is 1. The summed E-state index contributed by atoms with van der Waals surface area (Å²) in [5, 5.41) is 2.99. The van der Waals surface area contributed by atoms with E-state index in [1.165, 1.54) is 16.4 Å². The third kappa shape index (κ3) is 4.36. The molecular weight excluding hydrogens is 387 g/mol. The number of halogens is 3. The average Bonchev–Trinajstić information content (AvgIpc) is 3.10. The van der Waals surface area contributed by atoms with Crippen LogP contribution in [0.15, 0.2) is 35.4 Å². The van der Waals surface area contributed by atoms with Crippen LogP contribution in [0.1, 0.15) is 29.7 Å². The van der Waals surface area contributed by atoms with Crippen molar-refractivity contribution in [2.24, 2.45) is 0 Å². The lowest BCUT2D eigenvalue weighted by molar-refractivity contribution is -0.134. The van der Waals surface area contributed by atoms with E-state index >= 15 is 0 Å². The molecule has 1 aliphatic rings. The molecule has 0 atom stereocenters. The molecule has 0 unspecified atom stereocenters. The third-order valence-corrected chi connectivity index (χ3v) is 7.02. The highest BCUT2D eigenvalue weighted by atomic mass is 32.2. The van der Waals surface area contributed by atoms with Crippen molar-refractivity contribution in [1.29, 1.82) is 0 Å². The summed E-state index contributed by atoms with van der Waals surface area (Å²) in [6.45, 7) is 1.34. The molecule has 1 aliphatic heterocycles. The van der Waals surface area contributed by atoms with E-state index in [9.17, 15) is 21.6 Å². The van der Waals surface area contributed by atoms with Crippen molar-refractivity contribution >= 4 is 26.5 Å². The lowest BCUT2D eigenvalue weighted by Gasteiger charge is -2.25. The second-order valence-electron chi connectivity index (χ2n) is 5.99. The van der Waals surface area contributed by atoms with Gasteiger partial charge in [-0.3, -0.25) is 0 Å². The first-order valence-corrected chi connectivity index (χ1v) is 10.4. The second-order valence-corrected chi connectivity index (χ2v) is 8.96. The Morgan fingerprint density at radius 3 is 2.35 bits per heavy atom. The van der Waals surface area contributed by atoms with E-state index in [-0.39, 0.29) is 16.6 Å². The maximum atomic E-state index is 12.6. The molecule has 3 rings (SSSR count). The van der Waals surface area contributed by atoms with Crippen LogP contribution in [0.2, 0.25) is 0 Å². The van der Waals surface area contributed by atoms with E-state index in [1.807, 2.05) is 0 Å². The van der Waals surface area contributed by atoms with Gasteiger partial charge >= 0.3 is 6.18 Å². The Kier molecular flexibility index (Phi) is 5.54. The highest BCUT2D eigenvalue weighted by Gasteiger charge is 2.33. The number of hydrogen-bond acceptors (Lipinski definition) is 5. The number of alkyl halides is 3. The van der Waals surface area contributed by atoms with Gasteiger partial charge in [0.25, 0.3) is 0 Å². The van der Waals surface area contributed by atoms with E-state index in [0.29, 0.717) is 24.4 Å². The average molecular weight is 405 g/mol. The maximum absolute atomic E-state index is 12.6. The summed E-state index contributed by atoms with van der Waals surface area (Å²) in [5.41, 5.74) is 0.756. The van der Waals surface area contributed by atoms with E-state index in [4.69, 9.17) is 0 Å². The fourth-order valence-electron chi connectivity index (χ4n) is 2.70. The normalized spacial score (nSPS) is 16.6. The van der Waals surface area contributed by atoms with Crippen LogP contribution < -0.4 is 5.32 Å². The standard InChI is InChI=1S/C16H18F3N3O2S2/c17-16(18,19)14-11-21-15(25-14)20-10-12-4-6-13(7-5-12)26(23,24)22-8-2-1-3-9-22/h4-7,11H,1-3,8-10H2,(H,20,21). The summed E-state index contributed by atoms with van der Waals surface area (Å²) in [5.74, 6) is 0. The number of hydrogen-bond donors (Lipinski definition) is 1. The molecule has 10 heteroatoms. The van der Waals surface area contributed by atoms with E-state index in [0.717, 1.165) is 31.0 Å². The molecular formula is C16H18F3N3O2S2. The van der Waals surface area contributed by atoms with Gasteiger partial charge in [0.2, 0.25) is 10.0 Å². The Morgan fingerprint density at radius 1 is 1.12 bits per heavy atom. The lowest BCUT2D eigenvalue weighted by Crippen LogP contribution is -2.35. The Hall–Kier alpha value is -1.65. The van der Waals surface area contributed by atoms with Crippen molar-refractivity contribution in [2.45, 2.75) is 36.9 Å². The smallest absolute Gasteiger partial charge is 0.357 e. The van der Waals surface area contributed by atoms with Crippen LogP contribution in [0.5, 0.6) is 0 Å². The minimum Gasteiger partial charge on any atom is -0.357 e. The fourth-order valence-corrected chi connectivity index (χ4v) is 4.89. The number of rotatable bonds is 5. The Labute approximate surface area is 153 Å². The van der Waals surface area contributed by atoms with Crippen molar-refractivity contribution in [2.75, 3.05) is 18.4 Å². The molecule has 5 nitrogen and oxygen atoms in total. The predicted molar refractivity (Wildman–Crippen MR) is 93.5 cm³/mol. The van der Waals surface area contributed by atoms with Gasteiger partial charge in [0.05, 0.1) is 11.1 Å². The van der Waals surface area contributed by atoms with Crippen LogP contribution in [0.4, 0.5) is 18.3 Å². The number of benzene rings is 1. The minimum atomic E-state index is -4.40. The van der Waals surface area contributed by atoms with Crippen LogP contribution in [0, 0.1) is 0 Å². The van der Waals surface area contributed by atoms with Gasteiger partial charge in [-0.25, -0.2) is 13.4 Å². The predicted octanol–water partition coefficient (Wildman–Crippen LogP) is 3.95. The van der Waals surface area contributed by atoms with Crippen molar-refractivity contribution < 1.29 is 21.6 Å². The maximum Gasteiger partial charge on any atom is 0.427 e. The van der Waals surface area contributed by atoms with E-state index < -0.39 is 21.1 Å². The topological polar surface area (TPSA) is 62.3 Å². The van der Waals surface area contributed by atoms with Gasteiger partial charge in [-0.1, -0.05) is 29.9 Å². The van der Waals surface area contributed by atoms with Gasteiger partial charge in [-0.2, -0.15) is 17.5 Å². The number of aromatic nitrogens is 1. The van der Waals surface area contributed by atoms with Crippen LogP contribution in [-0.4, -0.2) is 30.8 Å². The van der Waals surface area contributed by atoms with Crippen LogP contribution in [0.3, 0.4) is 0 Å². The summed E-state index contributed by atoms with van der Waals surface area (Å²) < 4.78 is 64.3. The summed E-state index contributed by atoms with van der Waals surface area (Å²) in [4.78, 5) is 3.17. The Bertz CT molecular complexity index is 842. The van der Waals surface area contributed by atoms with Gasteiger partial charge in [0.1, 0.15) is 4.88 Å². The highest BCUT2D eigenvalue weighted by Crippen LogP contribution is 2.35. The molecule has 1 N–H and O–H groups in total. The van der Waals surface area contributed by atoms with Crippen molar-refractivity contribution in [1.82, 2.24) is 9.29 Å². The molecule has 0 spiro atoms. The van der Waals surface area contributed by atoms with Crippen molar-refractivity contribution in [3.05, 3.63) is 40.9 Å². The molecule has 2 aromatic rings. The SMILES string of the molecule is O=S(=O)(c1ccc(CNc2ncc(C(F)(F)F)s2)cc1)N1CCCCC1. The summed E-state index contributed by atoms with van der Waals surface area (Å²) in [7, 11) is -3.48. The van der Waals surface area contributed by atoms with Gasteiger partial charge < -0.3 is 5.32 Å². The molecule has 1 fully saturated rings. The van der Waals surface area contributed by atoms with E-state index in [1.54, 1.807) is 12.1 Å². The molecule has 1 aromatic heterocycles. The molecule has 142 valence electrons. The number of sulfonamides is 1. The summed E-state index contributed by atoms with van der Waals surface area (Å²) in [6.07, 6.45) is -0.823. The fraction of sp³-hybridized carbons (Fsp3) is 0.438. The number of anilines is 1. The van der Waals surface area contributed by atoms with E-state index in [2.05, 4.69) is 10.3 Å². The largest absolute Gasteiger partial charge is 0.427 e. The number of nitrogens with zero attached hydrogens (tertiary/aromatic N) is 2. The zero-order valence-corrected chi connectivity index (χ0v) is 15.4. The molecule has 1 saturated heterocycles. The Morgan fingerprint density at radius 2 is 1.77 bits per heavy atom. The van der Waals surface area contributed by atoms with Gasteiger partial charge in [-0.05, 0) is 30.5 Å². The molecule has 2 heterocycles. The van der Waals surface area contributed by atoms with Crippen LogP contribution >= 0.6 is 11.3 Å². The third-order valence-electron chi connectivity index (χ3n) is 4.10. The zero-order chi connectivity index (χ0) is 18.8. The Balaban J connectivity index is 1.63. The minimum absolute atomic E-state index is 0.169. The van der Waals surface area contributed by atoms with Gasteiger partial charge in [-0.15, -0.1) is 0 Å². The highest BCUT2D eigenvalue weighted by molar-refractivity contribution is 7.89. The first-order valence-electron chi connectivity index (χ1n) is 8.13. The molecule has 0 amide bonds. The molecule has 0 bridgehead atoms. The quantitative estimate of drug-likeness (QED) is 0.818. The molecule has 0 saturated carbocycles. The molecule has 1 aromatic carbocycles. The van der Waals surface area contributed by atoms with Crippen LogP contribution in [0.25, 0.3) is 0 Å². The lowest BCUT2D eigenvalue weighted by atomic mass is 10.2. The summed E-state index contributed by atoms with van der Waals surface area (Å²) >= 11 is 0.535. The van der Waals surface area contributed by atoms with Gasteiger partial charge in [0, 0.05) is 19.6 Å². The second kappa shape index (κ2) is 7.53. The monoisotopic (exact) mass is 405 g/mol. The summed E-state index contributed by atoms with van der Waals surface area (Å²) in [6, 6.07) is 6.37. The number of piperidine rings is 1. The van der Waals surface area contributed by atoms with Crippen LogP contribution in [-0.2, 0) is 22.7 Å². The van der Waals surface area contributed by atoms with Crippen molar-refractivity contribution in [3.8, 4) is 0 Å². The molecule has 0 aliphatic carbocycles. The number of thiazole rings is 1.